The lowest BCUT2D eigenvalue weighted by Crippen LogP contribution is -2.04. The first-order valence-electron chi connectivity index (χ1n) is 8.07. The number of aromatic nitrogens is 2. The number of hydrogen-bond donors (Lipinski definition) is 1. The summed E-state index contributed by atoms with van der Waals surface area (Å²) in [4.78, 5) is 11.3. The van der Waals surface area contributed by atoms with Crippen LogP contribution in [0.4, 0.5) is 5.82 Å². The van der Waals surface area contributed by atoms with E-state index in [4.69, 9.17) is 6.57 Å². The van der Waals surface area contributed by atoms with Crippen molar-refractivity contribution in [2.24, 2.45) is 0 Å². The van der Waals surface area contributed by atoms with Gasteiger partial charge in [0.15, 0.2) is 0 Å². The highest BCUT2D eigenvalue weighted by Gasteiger charge is 1.98. The van der Waals surface area contributed by atoms with Gasteiger partial charge in [-0.15, -0.1) is 0 Å². The van der Waals surface area contributed by atoms with E-state index >= 15 is 0 Å². The molecule has 1 aromatic heterocycles. The normalized spacial score (nSPS) is 13.5. The average Bonchev–Trinajstić information content (AvgIpc) is 2.59. The summed E-state index contributed by atoms with van der Waals surface area (Å²) in [6.45, 7) is 11.0. The Hall–Kier alpha value is -2.09. The van der Waals surface area contributed by atoms with Crippen molar-refractivity contribution in [3.63, 3.8) is 0 Å². The molecule has 5 heteroatoms. The second-order valence-electron chi connectivity index (χ2n) is 4.84. The Bertz CT molecular complexity index is 421. The molecule has 22 heavy (non-hydrogen) atoms. The highest BCUT2D eigenvalue weighted by molar-refractivity contribution is 5.38. The lowest BCUT2D eigenvalue weighted by atomic mass is 10.0. The smallest absolute Gasteiger partial charge is 0.305 e. The van der Waals surface area contributed by atoms with Crippen molar-refractivity contribution in [1.82, 2.24) is 15.0 Å². The lowest BCUT2D eigenvalue weighted by Gasteiger charge is -2.05. The van der Waals surface area contributed by atoms with Gasteiger partial charge in [-0.25, -0.2) is 9.97 Å². The molecule has 0 spiro atoms. The van der Waals surface area contributed by atoms with Crippen LogP contribution in [0.25, 0.3) is 4.95 Å². The third kappa shape index (κ3) is 10.7. The van der Waals surface area contributed by atoms with Crippen molar-refractivity contribution in [3.8, 4) is 6.57 Å². The molecule has 1 aromatic rings. The van der Waals surface area contributed by atoms with Crippen LogP contribution in [0.1, 0.15) is 59.3 Å². The molecule has 0 amide bonds. The summed E-state index contributed by atoms with van der Waals surface area (Å²) in [5.74, 6) is 0.735. The molecule has 1 aliphatic rings. The van der Waals surface area contributed by atoms with Crippen molar-refractivity contribution in [2.45, 2.75) is 59.3 Å². The van der Waals surface area contributed by atoms with Crippen LogP contribution < -0.4 is 5.32 Å². The van der Waals surface area contributed by atoms with Gasteiger partial charge in [-0.3, -0.25) is 0 Å². The van der Waals surface area contributed by atoms with Crippen LogP contribution in [0.2, 0.25) is 0 Å². The van der Waals surface area contributed by atoms with Crippen LogP contribution in [-0.2, 0) is 0 Å². The van der Waals surface area contributed by atoms with E-state index in [0.29, 0.717) is 0 Å². The number of allylic oxidation sites excluding steroid dienone is 1. The number of anilines is 1. The quantitative estimate of drug-likeness (QED) is 0.805. The molecule has 1 fully saturated rings. The van der Waals surface area contributed by atoms with E-state index in [2.05, 4.69) is 20.2 Å². The first-order valence-corrected chi connectivity index (χ1v) is 8.07. The van der Waals surface area contributed by atoms with Gasteiger partial charge >= 0.3 is 6.57 Å². The first-order chi connectivity index (χ1) is 10.7. The van der Waals surface area contributed by atoms with Gasteiger partial charge < -0.3 is 5.32 Å². The molecule has 0 unspecified atom stereocenters. The number of nitrogens with zero attached hydrogens (tertiary/aromatic N) is 4. The number of nitrogens with one attached hydrogen (secondary N) is 1. The van der Waals surface area contributed by atoms with Crippen LogP contribution in [0, 0.1) is 6.57 Å². The molecular formula is C17H30N5+. The Morgan fingerprint density at radius 3 is 2.18 bits per heavy atom. The number of rotatable bonds is 3. The van der Waals surface area contributed by atoms with Crippen LogP contribution in [-0.4, -0.2) is 22.0 Å². The van der Waals surface area contributed by atoms with Gasteiger partial charge in [0.1, 0.15) is 12.1 Å². The monoisotopic (exact) mass is 304 g/mol. The van der Waals surface area contributed by atoms with E-state index < -0.39 is 0 Å². The minimum Gasteiger partial charge on any atom is -0.342 e. The SMILES string of the molecule is C#[N+]N(C)/C=C(\C)Nc1ccncn1.C1CCCCC1.CC. The summed E-state index contributed by atoms with van der Waals surface area (Å²) in [5.41, 5.74) is 0.889. The summed E-state index contributed by atoms with van der Waals surface area (Å²) in [6, 6.07) is 1.77. The van der Waals surface area contributed by atoms with E-state index in [1.807, 2.05) is 20.8 Å². The van der Waals surface area contributed by atoms with Crippen LogP contribution in [0.5, 0.6) is 0 Å². The molecule has 122 valence electrons. The van der Waals surface area contributed by atoms with Gasteiger partial charge in [-0.05, 0) is 18.0 Å². The maximum Gasteiger partial charge on any atom is 0.305 e. The molecule has 5 nitrogen and oxygen atoms in total. The van der Waals surface area contributed by atoms with E-state index in [9.17, 15) is 0 Å². The third-order valence-electron chi connectivity index (χ3n) is 2.97. The molecular weight excluding hydrogens is 274 g/mol. The molecule has 1 N–H and O–H groups in total. The van der Waals surface area contributed by atoms with E-state index in [-0.39, 0.29) is 0 Å². The molecule has 1 aliphatic carbocycles. The van der Waals surface area contributed by atoms with E-state index in [0.717, 1.165) is 11.5 Å². The summed E-state index contributed by atoms with van der Waals surface area (Å²) in [7, 11) is 1.74. The van der Waals surface area contributed by atoms with Crippen LogP contribution in [0.3, 0.4) is 0 Å². The fourth-order valence-corrected chi connectivity index (χ4v) is 1.97. The Morgan fingerprint density at radius 1 is 1.23 bits per heavy atom. The van der Waals surface area contributed by atoms with Gasteiger partial charge in [0.2, 0.25) is 0 Å². The third-order valence-corrected chi connectivity index (χ3v) is 2.97. The predicted octanol–water partition coefficient (Wildman–Crippen LogP) is 4.93. The second kappa shape index (κ2) is 13.9. The summed E-state index contributed by atoms with van der Waals surface area (Å²) in [6.07, 6.45) is 13.9. The van der Waals surface area contributed by atoms with Crippen LogP contribution in [0.15, 0.2) is 30.5 Å². The molecule has 0 atom stereocenters. The van der Waals surface area contributed by atoms with Crippen molar-refractivity contribution in [1.29, 1.82) is 0 Å². The zero-order valence-corrected chi connectivity index (χ0v) is 14.4. The summed E-state index contributed by atoms with van der Waals surface area (Å²) < 4.78 is 0. The zero-order valence-electron chi connectivity index (χ0n) is 14.4. The Labute approximate surface area is 135 Å². The highest BCUT2D eigenvalue weighted by Crippen LogP contribution is 2.15. The standard InChI is InChI=1S/C9H12N5.C6H12.C2H6/c1-8(6-14(3)10-2)13-9-4-5-11-7-12-9;1-2-4-6-5-3-1;1-2/h2,4-7H,1,3H3,(H,11,12,13);1-6H2;1-2H3/q+1;;/b8-6+;;. The molecule has 0 saturated heterocycles. The fraction of sp³-hybridized carbons (Fsp3) is 0.588. The molecule has 2 rings (SSSR count). The van der Waals surface area contributed by atoms with E-state index in [1.54, 1.807) is 25.5 Å². The Balaban J connectivity index is 0.000000457. The van der Waals surface area contributed by atoms with Crippen molar-refractivity contribution in [3.05, 3.63) is 35.4 Å². The molecule has 0 radical (unpaired) electrons. The summed E-state index contributed by atoms with van der Waals surface area (Å²) >= 11 is 0. The minimum atomic E-state index is 0.735. The van der Waals surface area contributed by atoms with Gasteiger partial charge in [0, 0.05) is 11.9 Å². The summed E-state index contributed by atoms with van der Waals surface area (Å²) in [5, 5.41) is 4.56. The lowest BCUT2D eigenvalue weighted by molar-refractivity contribution is 0.504. The molecule has 1 heterocycles. The Morgan fingerprint density at radius 2 is 1.77 bits per heavy atom. The molecule has 0 aliphatic heterocycles. The second-order valence-corrected chi connectivity index (χ2v) is 4.84. The topological polar surface area (TPSA) is 45.4 Å². The predicted molar refractivity (Wildman–Crippen MR) is 94.5 cm³/mol. The zero-order chi connectivity index (χ0) is 16.6. The maximum atomic E-state index is 5.07. The maximum absolute atomic E-state index is 5.07. The fourth-order valence-electron chi connectivity index (χ4n) is 1.97. The van der Waals surface area contributed by atoms with Gasteiger partial charge in [0.05, 0.1) is 18.2 Å². The van der Waals surface area contributed by atoms with Crippen LogP contribution >= 0.6 is 0 Å². The van der Waals surface area contributed by atoms with Crippen molar-refractivity contribution < 1.29 is 0 Å². The highest BCUT2D eigenvalue weighted by atomic mass is 15.4. The average molecular weight is 304 g/mol. The first kappa shape index (κ1) is 19.9. The van der Waals surface area contributed by atoms with Gasteiger partial charge in [-0.2, -0.15) is 0 Å². The minimum absolute atomic E-state index is 0.735. The Kier molecular flexibility index (Phi) is 12.6. The van der Waals surface area contributed by atoms with Gasteiger partial charge in [-0.1, -0.05) is 52.4 Å². The largest absolute Gasteiger partial charge is 0.342 e. The van der Waals surface area contributed by atoms with Crippen molar-refractivity contribution in [2.75, 3.05) is 12.4 Å². The van der Waals surface area contributed by atoms with E-state index in [1.165, 1.54) is 49.9 Å². The number of hydrogen-bond acceptors (Lipinski definition) is 4. The van der Waals surface area contributed by atoms with Crippen molar-refractivity contribution >= 4 is 5.82 Å². The van der Waals surface area contributed by atoms with Gasteiger partial charge in [0.25, 0.3) is 0 Å². The molecule has 0 bridgehead atoms. The molecule has 1 saturated carbocycles. The molecule has 0 aromatic carbocycles.